The van der Waals surface area contributed by atoms with E-state index in [0.29, 0.717) is 34.2 Å². The Hall–Kier alpha value is -3.70. The first-order chi connectivity index (χ1) is 16.3. The van der Waals surface area contributed by atoms with Crippen molar-refractivity contribution >= 4 is 49.7 Å². The van der Waals surface area contributed by atoms with Gasteiger partial charge in [0, 0.05) is 24.8 Å². The van der Waals surface area contributed by atoms with Gasteiger partial charge in [0.15, 0.2) is 0 Å². The maximum Gasteiger partial charge on any atom is 0.261 e. The van der Waals surface area contributed by atoms with Crippen molar-refractivity contribution in [2.75, 3.05) is 25.0 Å². The quantitative estimate of drug-likeness (QED) is 0.411. The molecule has 0 saturated carbocycles. The van der Waals surface area contributed by atoms with Crippen molar-refractivity contribution in [3.63, 3.8) is 0 Å². The molecule has 2 N–H and O–H groups in total. The average Bonchev–Trinajstić information content (AvgIpc) is 3.31. The van der Waals surface area contributed by atoms with E-state index in [1.807, 2.05) is 19.2 Å². The average molecular weight is 475 g/mol. The SMILES string of the molecule is Cc1nnccc1-c1cn2nc3c4ncc(NC(=O)CN5CC(C)(C)C5)cc4[nH]c(=O)c3c2s1. The molecule has 5 aromatic heterocycles. The summed E-state index contributed by atoms with van der Waals surface area (Å²) >= 11 is 1.47. The number of thiazole rings is 1. The van der Waals surface area contributed by atoms with Crippen LogP contribution in [-0.4, -0.2) is 60.2 Å². The van der Waals surface area contributed by atoms with Gasteiger partial charge in [0.25, 0.3) is 5.56 Å². The second-order valence-corrected chi connectivity index (χ2v) is 10.6. The summed E-state index contributed by atoms with van der Waals surface area (Å²) in [5, 5.41) is 16.0. The summed E-state index contributed by atoms with van der Waals surface area (Å²) in [5.41, 5.74) is 3.96. The number of hydrogen-bond acceptors (Lipinski definition) is 8. The standard InChI is InChI=1S/C23H22N8O2S/c1-12-14(4-5-25-28-12)16-8-31-22(34-16)18-20(29-31)19-15(27-21(18)33)6-13(7-24-19)26-17(32)9-30-10-23(2,3)11-30/h4-8H,9-11H2,1-3H3,(H,26,32)(H,27,33). The largest absolute Gasteiger partial charge is 0.324 e. The van der Waals surface area contributed by atoms with Gasteiger partial charge < -0.3 is 10.3 Å². The third-order valence-corrected chi connectivity index (χ3v) is 7.15. The van der Waals surface area contributed by atoms with Gasteiger partial charge in [-0.15, -0.1) is 11.3 Å². The Morgan fingerprint density at radius 1 is 1.29 bits per heavy atom. The lowest BCUT2D eigenvalue weighted by molar-refractivity contribution is -0.120. The van der Waals surface area contributed by atoms with Crippen LogP contribution in [0.5, 0.6) is 0 Å². The second-order valence-electron chi connectivity index (χ2n) is 9.53. The molecule has 6 rings (SSSR count). The third-order valence-electron chi connectivity index (χ3n) is 6.03. The Bertz CT molecular complexity index is 1660. The molecule has 0 atom stereocenters. The van der Waals surface area contributed by atoms with Gasteiger partial charge in [-0.05, 0) is 24.5 Å². The lowest BCUT2D eigenvalue weighted by Crippen LogP contribution is -2.54. The molecule has 10 nitrogen and oxygen atoms in total. The second kappa shape index (κ2) is 7.40. The van der Waals surface area contributed by atoms with Crippen LogP contribution in [0.25, 0.3) is 37.2 Å². The van der Waals surface area contributed by atoms with Crippen LogP contribution in [0.4, 0.5) is 5.69 Å². The van der Waals surface area contributed by atoms with Gasteiger partial charge in [-0.2, -0.15) is 15.3 Å². The minimum Gasteiger partial charge on any atom is -0.324 e. The summed E-state index contributed by atoms with van der Waals surface area (Å²) in [4.78, 5) is 36.7. The van der Waals surface area contributed by atoms with Gasteiger partial charge in [-0.3, -0.25) is 19.5 Å². The topological polar surface area (TPSA) is 121 Å². The zero-order valence-electron chi connectivity index (χ0n) is 18.9. The summed E-state index contributed by atoms with van der Waals surface area (Å²) in [6.45, 7) is 8.40. The summed E-state index contributed by atoms with van der Waals surface area (Å²) in [6, 6.07) is 3.63. The highest BCUT2D eigenvalue weighted by Crippen LogP contribution is 2.34. The van der Waals surface area contributed by atoms with E-state index in [9.17, 15) is 9.59 Å². The van der Waals surface area contributed by atoms with E-state index < -0.39 is 0 Å². The molecule has 0 radical (unpaired) electrons. The molecule has 1 amide bonds. The smallest absolute Gasteiger partial charge is 0.261 e. The summed E-state index contributed by atoms with van der Waals surface area (Å²) in [5.74, 6) is -0.101. The number of H-pyrrole nitrogens is 1. The van der Waals surface area contributed by atoms with Crippen molar-refractivity contribution < 1.29 is 4.79 Å². The molecule has 1 aliphatic heterocycles. The number of hydrogen-bond donors (Lipinski definition) is 2. The number of rotatable bonds is 4. The van der Waals surface area contributed by atoms with Crippen molar-refractivity contribution in [3.05, 3.63) is 46.8 Å². The van der Waals surface area contributed by atoms with Gasteiger partial charge >= 0.3 is 0 Å². The van der Waals surface area contributed by atoms with Crippen LogP contribution in [0.2, 0.25) is 0 Å². The highest BCUT2D eigenvalue weighted by Gasteiger charge is 2.34. The molecule has 0 aromatic carbocycles. The van der Waals surface area contributed by atoms with E-state index in [2.05, 4.69) is 49.3 Å². The minimum absolute atomic E-state index is 0.101. The molecule has 1 fully saturated rings. The van der Waals surface area contributed by atoms with Crippen LogP contribution in [0.15, 0.2) is 35.5 Å². The number of pyridine rings is 2. The highest BCUT2D eigenvalue weighted by atomic mass is 32.1. The van der Waals surface area contributed by atoms with Gasteiger partial charge in [0.2, 0.25) is 5.91 Å². The number of nitrogens with one attached hydrogen (secondary N) is 2. The number of amides is 1. The van der Waals surface area contributed by atoms with E-state index in [0.717, 1.165) is 34.1 Å². The van der Waals surface area contributed by atoms with Crippen LogP contribution >= 0.6 is 11.3 Å². The monoisotopic (exact) mass is 474 g/mol. The van der Waals surface area contributed by atoms with Crippen molar-refractivity contribution in [2.24, 2.45) is 5.41 Å². The van der Waals surface area contributed by atoms with E-state index in [1.54, 1.807) is 23.0 Å². The maximum absolute atomic E-state index is 13.0. The highest BCUT2D eigenvalue weighted by molar-refractivity contribution is 7.21. The van der Waals surface area contributed by atoms with Crippen LogP contribution in [0.3, 0.4) is 0 Å². The van der Waals surface area contributed by atoms with Crippen LogP contribution in [0, 0.1) is 12.3 Å². The Labute approximate surface area is 197 Å². The molecule has 0 bridgehead atoms. The number of fused-ring (bicyclic) bond motifs is 5. The number of aryl methyl sites for hydroxylation is 1. The molecule has 11 heteroatoms. The van der Waals surface area contributed by atoms with Crippen molar-refractivity contribution in [1.29, 1.82) is 0 Å². The Balaban J connectivity index is 1.34. The molecule has 34 heavy (non-hydrogen) atoms. The van der Waals surface area contributed by atoms with Gasteiger partial charge in [-0.25, -0.2) is 4.52 Å². The van der Waals surface area contributed by atoms with E-state index in [1.165, 1.54) is 11.3 Å². The van der Waals surface area contributed by atoms with E-state index in [4.69, 9.17) is 0 Å². The molecule has 5 aromatic rings. The maximum atomic E-state index is 13.0. The van der Waals surface area contributed by atoms with Crippen LogP contribution in [-0.2, 0) is 4.79 Å². The predicted molar refractivity (Wildman–Crippen MR) is 131 cm³/mol. The molecule has 0 spiro atoms. The van der Waals surface area contributed by atoms with Gasteiger partial charge in [-0.1, -0.05) is 13.8 Å². The Morgan fingerprint density at radius 2 is 2.12 bits per heavy atom. The van der Waals surface area contributed by atoms with Crippen LogP contribution < -0.4 is 10.9 Å². The van der Waals surface area contributed by atoms with Crippen molar-refractivity contribution in [3.8, 4) is 10.4 Å². The van der Waals surface area contributed by atoms with E-state index in [-0.39, 0.29) is 16.9 Å². The summed E-state index contributed by atoms with van der Waals surface area (Å²) in [6.07, 6.45) is 5.14. The fraction of sp³-hybridized carbons (Fsp3) is 0.304. The molecular weight excluding hydrogens is 452 g/mol. The fourth-order valence-corrected chi connectivity index (χ4v) is 5.85. The lowest BCUT2D eigenvalue weighted by Gasteiger charge is -2.45. The van der Waals surface area contributed by atoms with Gasteiger partial charge in [0.1, 0.15) is 21.3 Å². The summed E-state index contributed by atoms with van der Waals surface area (Å²) < 4.78 is 1.71. The first-order valence-electron chi connectivity index (χ1n) is 10.9. The molecule has 6 heterocycles. The van der Waals surface area contributed by atoms with Crippen molar-refractivity contribution in [2.45, 2.75) is 20.8 Å². The molecule has 1 aliphatic rings. The minimum atomic E-state index is -0.247. The lowest BCUT2D eigenvalue weighted by atomic mass is 9.84. The number of anilines is 1. The van der Waals surface area contributed by atoms with Gasteiger partial charge in [0.05, 0.1) is 40.7 Å². The van der Waals surface area contributed by atoms with Crippen molar-refractivity contribution in [1.82, 2.24) is 34.7 Å². The predicted octanol–water partition coefficient (Wildman–Crippen LogP) is 2.83. The number of carbonyl (C=O) groups is 1. The van der Waals surface area contributed by atoms with Crippen LogP contribution in [0.1, 0.15) is 19.5 Å². The van der Waals surface area contributed by atoms with E-state index >= 15 is 0 Å². The number of aromatic nitrogens is 6. The number of aromatic amines is 1. The fourth-order valence-electron chi connectivity index (χ4n) is 4.69. The third kappa shape index (κ3) is 3.44. The zero-order chi connectivity index (χ0) is 23.6. The number of likely N-dealkylation sites (tertiary alicyclic amines) is 1. The normalized spacial score (nSPS) is 15.7. The number of nitrogens with zero attached hydrogens (tertiary/aromatic N) is 6. The number of carbonyl (C=O) groups excluding carboxylic acids is 1. The first-order valence-corrected chi connectivity index (χ1v) is 11.7. The molecule has 1 saturated heterocycles. The molecule has 0 aliphatic carbocycles. The molecule has 0 unspecified atom stereocenters. The molecular formula is C23H22N8O2S. The Kier molecular flexibility index (Phi) is 4.55. The summed E-state index contributed by atoms with van der Waals surface area (Å²) in [7, 11) is 0. The molecule has 172 valence electrons. The zero-order valence-corrected chi connectivity index (χ0v) is 19.7. The Morgan fingerprint density at radius 3 is 2.88 bits per heavy atom. The first kappa shape index (κ1) is 20.9.